The molecule has 0 aromatic heterocycles. The molecule has 0 aliphatic carbocycles. The normalized spacial score (nSPS) is 16.0. The Labute approximate surface area is 98.9 Å². The van der Waals surface area contributed by atoms with Gasteiger partial charge in [-0.1, -0.05) is 11.8 Å². The van der Waals surface area contributed by atoms with Crippen molar-refractivity contribution in [3.05, 3.63) is 0 Å². The van der Waals surface area contributed by atoms with Gasteiger partial charge in [-0.25, -0.2) is 26.3 Å². The van der Waals surface area contributed by atoms with Crippen molar-refractivity contribution in [2.24, 2.45) is 0 Å². The molecule has 0 rings (SSSR count). The second-order valence-corrected chi connectivity index (χ2v) is 4.64. The van der Waals surface area contributed by atoms with Crippen molar-refractivity contribution in [2.75, 3.05) is 5.75 Å². The number of hydrogen-bond acceptors (Lipinski definition) is 2. The minimum absolute atomic E-state index is 0.243. The number of thioether (sulfide) groups is 1. The van der Waals surface area contributed by atoms with Gasteiger partial charge in [0.1, 0.15) is 0 Å². The Morgan fingerprint density at radius 1 is 1.18 bits per heavy atom. The third kappa shape index (κ3) is 6.18. The van der Waals surface area contributed by atoms with Crippen LogP contribution in [0, 0.1) is 0 Å². The summed E-state index contributed by atoms with van der Waals surface area (Å²) in [6.45, 7) is 1.17. The van der Waals surface area contributed by atoms with Crippen LogP contribution >= 0.6 is 11.8 Å². The van der Waals surface area contributed by atoms with Crippen LogP contribution in [0.3, 0.4) is 0 Å². The van der Waals surface area contributed by atoms with E-state index < -0.39 is 37.5 Å². The van der Waals surface area contributed by atoms with Crippen LogP contribution < -0.4 is 0 Å². The van der Waals surface area contributed by atoms with E-state index in [9.17, 15) is 31.1 Å². The van der Waals surface area contributed by atoms with Crippen LogP contribution in [0.5, 0.6) is 0 Å². The third-order valence-electron chi connectivity index (χ3n) is 1.90. The summed E-state index contributed by atoms with van der Waals surface area (Å²) in [6.07, 6.45) is -11.8. The summed E-state index contributed by atoms with van der Waals surface area (Å²) in [4.78, 5) is 10.4. The van der Waals surface area contributed by atoms with Crippen LogP contribution in [0.15, 0.2) is 0 Å². The number of carbonyl (C=O) groups is 1. The molecule has 0 bridgehead atoms. The molecule has 0 aromatic carbocycles. The average Bonchev–Trinajstić information content (AvgIpc) is 2.15. The molecule has 0 spiro atoms. The molecule has 8 heteroatoms. The van der Waals surface area contributed by atoms with E-state index in [0.29, 0.717) is 11.8 Å². The molecule has 0 aliphatic rings. The van der Waals surface area contributed by atoms with E-state index in [1.165, 1.54) is 6.92 Å². The number of carbonyl (C=O) groups excluding carboxylic acids is 1. The summed E-state index contributed by atoms with van der Waals surface area (Å²) in [5.74, 6) is -4.69. The first-order valence-electron chi connectivity index (χ1n) is 4.75. The summed E-state index contributed by atoms with van der Waals surface area (Å²) in [5.41, 5.74) is 0. The number of halogens is 6. The van der Waals surface area contributed by atoms with Crippen molar-refractivity contribution in [3.63, 3.8) is 0 Å². The third-order valence-corrected chi connectivity index (χ3v) is 2.74. The highest BCUT2D eigenvalue weighted by Gasteiger charge is 2.49. The first-order valence-corrected chi connectivity index (χ1v) is 5.74. The van der Waals surface area contributed by atoms with Crippen LogP contribution in [0.4, 0.5) is 26.3 Å². The van der Waals surface area contributed by atoms with Gasteiger partial charge in [0.05, 0.1) is 0 Å². The molecule has 0 heterocycles. The molecule has 102 valence electrons. The summed E-state index contributed by atoms with van der Waals surface area (Å²) in [5, 5.41) is -0.384. The SMILES string of the molecule is CC(=O)SCCC(F)C(F)(F)C(F)CC(F)F. The van der Waals surface area contributed by atoms with Gasteiger partial charge in [0.25, 0.3) is 0 Å². The highest BCUT2D eigenvalue weighted by Crippen LogP contribution is 2.33. The molecule has 1 nitrogen and oxygen atoms in total. The largest absolute Gasteiger partial charge is 0.309 e. The Morgan fingerprint density at radius 3 is 2.12 bits per heavy atom. The number of alkyl halides is 6. The lowest BCUT2D eigenvalue weighted by Crippen LogP contribution is -2.41. The zero-order valence-corrected chi connectivity index (χ0v) is 9.75. The van der Waals surface area contributed by atoms with Gasteiger partial charge in [-0.15, -0.1) is 0 Å². The molecule has 0 aromatic rings. The predicted molar refractivity (Wildman–Crippen MR) is 53.1 cm³/mol. The fourth-order valence-electron chi connectivity index (χ4n) is 1.01. The molecule has 0 radical (unpaired) electrons. The first-order chi connectivity index (χ1) is 7.67. The molecule has 0 N–H and O–H groups in total. The molecular weight excluding hydrogens is 270 g/mol. The zero-order valence-electron chi connectivity index (χ0n) is 8.94. The quantitative estimate of drug-likeness (QED) is 0.663. The molecule has 0 saturated heterocycles. The van der Waals surface area contributed by atoms with Crippen molar-refractivity contribution in [1.29, 1.82) is 0 Å². The molecule has 17 heavy (non-hydrogen) atoms. The summed E-state index contributed by atoms with van der Waals surface area (Å²) < 4.78 is 74.9. The fourth-order valence-corrected chi connectivity index (χ4v) is 1.62. The Morgan fingerprint density at radius 2 is 1.71 bits per heavy atom. The molecular formula is C9H12F6OS. The molecule has 0 amide bonds. The summed E-state index contributed by atoms with van der Waals surface area (Å²) in [7, 11) is 0. The second-order valence-electron chi connectivity index (χ2n) is 3.37. The Balaban J connectivity index is 4.22. The molecule has 2 atom stereocenters. The Bertz CT molecular complexity index is 248. The van der Waals surface area contributed by atoms with Gasteiger partial charge in [-0.3, -0.25) is 4.79 Å². The Kier molecular flexibility index (Phi) is 6.96. The molecule has 0 saturated carbocycles. The molecule has 0 aliphatic heterocycles. The van der Waals surface area contributed by atoms with Crippen molar-refractivity contribution < 1.29 is 31.1 Å². The van der Waals surface area contributed by atoms with E-state index in [1.807, 2.05) is 0 Å². The number of hydrogen-bond donors (Lipinski definition) is 0. The van der Waals surface area contributed by atoms with E-state index in [1.54, 1.807) is 0 Å². The number of rotatable bonds is 7. The maximum Gasteiger partial charge on any atom is 0.309 e. The topological polar surface area (TPSA) is 17.1 Å². The van der Waals surface area contributed by atoms with E-state index in [-0.39, 0.29) is 10.9 Å². The maximum atomic E-state index is 13.0. The van der Waals surface area contributed by atoms with E-state index in [4.69, 9.17) is 0 Å². The van der Waals surface area contributed by atoms with E-state index >= 15 is 0 Å². The monoisotopic (exact) mass is 282 g/mol. The standard InChI is InChI=1S/C9H12F6OS/c1-5(16)17-3-2-6(10)9(14,15)7(11)4-8(12)13/h6-8H,2-4H2,1H3. The average molecular weight is 282 g/mol. The van der Waals surface area contributed by atoms with Crippen LogP contribution in [0.2, 0.25) is 0 Å². The second kappa shape index (κ2) is 7.13. The van der Waals surface area contributed by atoms with Gasteiger partial charge in [-0.2, -0.15) is 0 Å². The highest BCUT2D eigenvalue weighted by atomic mass is 32.2. The van der Waals surface area contributed by atoms with Gasteiger partial charge in [0.15, 0.2) is 17.5 Å². The van der Waals surface area contributed by atoms with Gasteiger partial charge < -0.3 is 0 Å². The zero-order chi connectivity index (χ0) is 13.6. The molecule has 0 fully saturated rings. The maximum absolute atomic E-state index is 13.0. The van der Waals surface area contributed by atoms with E-state index in [2.05, 4.69) is 0 Å². The smallest absolute Gasteiger partial charge is 0.288 e. The van der Waals surface area contributed by atoms with Gasteiger partial charge in [0.2, 0.25) is 6.43 Å². The van der Waals surface area contributed by atoms with Crippen molar-refractivity contribution >= 4 is 16.9 Å². The summed E-state index contributed by atoms with van der Waals surface area (Å²) in [6, 6.07) is 0. The molecule has 2 unspecified atom stereocenters. The van der Waals surface area contributed by atoms with Crippen LogP contribution in [-0.2, 0) is 4.79 Å². The van der Waals surface area contributed by atoms with Crippen molar-refractivity contribution in [2.45, 2.75) is 44.5 Å². The van der Waals surface area contributed by atoms with Crippen LogP contribution in [-0.4, -0.2) is 35.6 Å². The van der Waals surface area contributed by atoms with Crippen molar-refractivity contribution in [1.82, 2.24) is 0 Å². The van der Waals surface area contributed by atoms with Crippen molar-refractivity contribution in [3.8, 4) is 0 Å². The summed E-state index contributed by atoms with van der Waals surface area (Å²) >= 11 is 0.618. The van der Waals surface area contributed by atoms with Crippen LogP contribution in [0.1, 0.15) is 19.8 Å². The lowest BCUT2D eigenvalue weighted by Gasteiger charge is -2.23. The minimum Gasteiger partial charge on any atom is -0.288 e. The first kappa shape index (κ1) is 16.6. The van der Waals surface area contributed by atoms with Gasteiger partial charge in [0, 0.05) is 19.1 Å². The van der Waals surface area contributed by atoms with E-state index in [0.717, 1.165) is 0 Å². The highest BCUT2D eigenvalue weighted by molar-refractivity contribution is 8.13. The Hall–Kier alpha value is -0.400. The lowest BCUT2D eigenvalue weighted by molar-refractivity contribution is -0.138. The fraction of sp³-hybridized carbons (Fsp3) is 0.889. The van der Waals surface area contributed by atoms with Crippen LogP contribution in [0.25, 0.3) is 0 Å². The predicted octanol–water partition coefficient (Wildman–Crippen LogP) is 3.62. The van der Waals surface area contributed by atoms with Gasteiger partial charge in [-0.05, 0) is 6.42 Å². The minimum atomic E-state index is -4.45. The lowest BCUT2D eigenvalue weighted by atomic mass is 10.0. The van der Waals surface area contributed by atoms with Gasteiger partial charge >= 0.3 is 5.92 Å².